The Hall–Kier alpha value is -3.22. The fourth-order valence-electron chi connectivity index (χ4n) is 8.94. The molecule has 5 N–H and O–H groups in total. The average Bonchev–Trinajstić information content (AvgIpc) is 3.53. The highest BCUT2D eigenvalue weighted by Crippen LogP contribution is 2.52. The molecule has 6 heteroatoms. The van der Waals surface area contributed by atoms with Gasteiger partial charge in [0, 0.05) is 29.8 Å². The highest BCUT2D eigenvalue weighted by atomic mass is 15.1. The van der Waals surface area contributed by atoms with Crippen LogP contribution in [0.25, 0.3) is 39.2 Å². The molecule has 2 aliphatic heterocycles. The summed E-state index contributed by atoms with van der Waals surface area (Å²) in [7, 11) is 0. The van der Waals surface area contributed by atoms with E-state index in [-0.39, 0.29) is 5.54 Å². The molecule has 3 saturated carbocycles. The molecule has 204 valence electrons. The monoisotopic (exact) mass is 530 g/mol. The van der Waals surface area contributed by atoms with Crippen molar-refractivity contribution in [2.24, 2.45) is 22.1 Å². The van der Waals surface area contributed by atoms with Gasteiger partial charge in [0.1, 0.15) is 5.82 Å². The van der Waals surface area contributed by atoms with E-state index in [0.717, 1.165) is 35.1 Å². The van der Waals surface area contributed by atoms with Crippen LogP contribution in [0.1, 0.15) is 82.1 Å². The van der Waals surface area contributed by atoms with Gasteiger partial charge in [-0.1, -0.05) is 44.0 Å². The maximum Gasteiger partial charge on any atom is 0.123 e. The average molecular weight is 531 g/mol. The van der Waals surface area contributed by atoms with E-state index in [2.05, 4.69) is 58.9 Å². The Morgan fingerprint density at radius 1 is 1.02 bits per heavy atom. The standard InChI is InChI=1S/C34H38N6/c1-33-11-3-6-30(33)38-28(15-33)32-37-18-29(39-32)20-8-10-23-24-12-19(7-9-22(24)25(23)13-20)26(35)17-36-31-16-34(31)14-21-4-2-5-27(21)40-34/h7-10,12-13,17-18,21,27-28,30,38,40H,2-6,11,14-16,35H2,1H3,(H,37,39)/b26-17-,36-31?/t21-,27-,28-,30?,33?,34?/m0/s1. The molecule has 4 aliphatic carbocycles. The smallest absolute Gasteiger partial charge is 0.123 e. The van der Waals surface area contributed by atoms with Gasteiger partial charge in [-0.3, -0.25) is 4.99 Å². The van der Waals surface area contributed by atoms with Gasteiger partial charge < -0.3 is 21.4 Å². The maximum absolute atomic E-state index is 6.52. The lowest BCUT2D eigenvalue weighted by Gasteiger charge is -2.25. The fraction of sp³-hybridized carbons (Fsp3) is 0.471. The van der Waals surface area contributed by atoms with Gasteiger partial charge in [-0.25, -0.2) is 4.98 Å². The Morgan fingerprint density at radius 2 is 1.90 bits per heavy atom. The number of benzene rings is 2. The Labute approximate surface area is 236 Å². The first-order valence-electron chi connectivity index (χ1n) is 15.4. The number of nitrogens with one attached hydrogen (secondary N) is 3. The lowest BCUT2D eigenvalue weighted by Crippen LogP contribution is -2.32. The van der Waals surface area contributed by atoms with E-state index < -0.39 is 0 Å². The lowest BCUT2D eigenvalue weighted by atomic mass is 9.78. The first kappa shape index (κ1) is 23.5. The van der Waals surface area contributed by atoms with E-state index in [9.17, 15) is 0 Å². The van der Waals surface area contributed by atoms with Gasteiger partial charge in [-0.05, 0) is 89.8 Å². The van der Waals surface area contributed by atoms with Crippen LogP contribution >= 0.6 is 0 Å². The summed E-state index contributed by atoms with van der Waals surface area (Å²) in [6, 6.07) is 15.0. The molecule has 0 radical (unpaired) electrons. The third-order valence-electron chi connectivity index (χ3n) is 11.3. The third kappa shape index (κ3) is 3.42. The predicted octanol–water partition coefficient (Wildman–Crippen LogP) is 6.32. The van der Waals surface area contributed by atoms with Crippen molar-refractivity contribution in [3.63, 3.8) is 0 Å². The van der Waals surface area contributed by atoms with Crippen LogP contribution in [0, 0.1) is 11.3 Å². The zero-order chi connectivity index (χ0) is 26.6. The molecular weight excluding hydrogens is 492 g/mol. The van der Waals surface area contributed by atoms with E-state index in [1.165, 1.54) is 84.9 Å². The molecule has 3 unspecified atom stereocenters. The van der Waals surface area contributed by atoms with Crippen LogP contribution in [0.2, 0.25) is 0 Å². The summed E-state index contributed by atoms with van der Waals surface area (Å²) in [6.45, 7) is 2.44. The van der Waals surface area contributed by atoms with Gasteiger partial charge in [0.25, 0.3) is 0 Å². The van der Waals surface area contributed by atoms with Crippen LogP contribution < -0.4 is 16.4 Å². The second kappa shape index (κ2) is 8.17. The number of imidazole rings is 1. The first-order chi connectivity index (χ1) is 19.5. The van der Waals surface area contributed by atoms with E-state index in [0.29, 0.717) is 23.5 Å². The number of aliphatic imine (C=N–C) groups is 1. The molecule has 9 rings (SSSR count). The Bertz CT molecular complexity index is 1600. The summed E-state index contributed by atoms with van der Waals surface area (Å²) in [5.41, 5.74) is 17.6. The first-order valence-corrected chi connectivity index (χ1v) is 15.4. The molecule has 2 saturated heterocycles. The zero-order valence-corrected chi connectivity index (χ0v) is 23.3. The van der Waals surface area contributed by atoms with Crippen molar-refractivity contribution < 1.29 is 0 Å². The molecule has 0 bridgehead atoms. The minimum atomic E-state index is 0.184. The molecular formula is C34H38N6. The van der Waals surface area contributed by atoms with Crippen molar-refractivity contribution in [2.75, 3.05) is 0 Å². The van der Waals surface area contributed by atoms with E-state index >= 15 is 0 Å². The number of nitrogens with two attached hydrogens (primary N) is 1. The van der Waals surface area contributed by atoms with Crippen LogP contribution in [0.15, 0.2) is 53.8 Å². The number of nitrogens with zero attached hydrogens (tertiary/aromatic N) is 2. The third-order valence-corrected chi connectivity index (χ3v) is 11.3. The van der Waals surface area contributed by atoms with Gasteiger partial charge in [0.05, 0.1) is 35.4 Å². The van der Waals surface area contributed by atoms with Gasteiger partial charge in [0.15, 0.2) is 0 Å². The molecule has 0 amide bonds. The van der Waals surface area contributed by atoms with Crippen molar-refractivity contribution in [1.82, 2.24) is 20.6 Å². The summed E-state index contributed by atoms with van der Waals surface area (Å²) in [4.78, 5) is 13.3. The second-order valence-corrected chi connectivity index (χ2v) is 13.8. The minimum Gasteiger partial charge on any atom is -0.397 e. The molecule has 1 spiro atoms. The number of hydrogen-bond acceptors (Lipinski definition) is 5. The molecule has 6 aliphatic rings. The number of hydrogen-bond donors (Lipinski definition) is 4. The van der Waals surface area contributed by atoms with Crippen LogP contribution in [0.4, 0.5) is 0 Å². The topological polar surface area (TPSA) is 91.1 Å². The molecule has 2 aromatic carbocycles. The van der Waals surface area contributed by atoms with Crippen LogP contribution in [0.3, 0.4) is 0 Å². The van der Waals surface area contributed by atoms with Crippen LogP contribution in [0.5, 0.6) is 0 Å². The van der Waals surface area contributed by atoms with Crippen molar-refractivity contribution in [3.8, 4) is 33.5 Å². The van der Waals surface area contributed by atoms with E-state index in [4.69, 9.17) is 15.7 Å². The SMILES string of the molecule is CC12CCCC1N[C@H](c1ncc(-c3ccc4c(c3)-c3ccc(/C(N)=C/N=C5CC56C[C@@H]5CCC[C@@H]5N6)cc3-4)[nH]1)C2. The summed E-state index contributed by atoms with van der Waals surface area (Å²) in [5, 5.41) is 7.74. The van der Waals surface area contributed by atoms with Crippen molar-refractivity contribution in [3.05, 3.63) is 60.2 Å². The predicted molar refractivity (Wildman–Crippen MR) is 161 cm³/mol. The fourth-order valence-corrected chi connectivity index (χ4v) is 8.94. The van der Waals surface area contributed by atoms with Crippen LogP contribution in [-0.4, -0.2) is 33.3 Å². The maximum atomic E-state index is 6.52. The van der Waals surface area contributed by atoms with Crippen molar-refractivity contribution in [2.45, 2.75) is 88.4 Å². The molecule has 6 nitrogen and oxygen atoms in total. The Kier molecular flexibility index (Phi) is 4.80. The van der Waals surface area contributed by atoms with Crippen LogP contribution in [-0.2, 0) is 0 Å². The molecule has 3 aromatic rings. The molecule has 3 heterocycles. The highest BCUT2D eigenvalue weighted by Gasteiger charge is 2.58. The molecule has 40 heavy (non-hydrogen) atoms. The number of H-pyrrole nitrogens is 1. The number of aromatic nitrogens is 2. The summed E-state index contributed by atoms with van der Waals surface area (Å²) in [6.07, 6.45) is 15.5. The Morgan fingerprint density at radius 3 is 2.77 bits per heavy atom. The Balaban J connectivity index is 0.912. The quantitative estimate of drug-likeness (QED) is 0.249. The van der Waals surface area contributed by atoms with Gasteiger partial charge >= 0.3 is 0 Å². The number of fused-ring (bicyclic) bond motifs is 6. The van der Waals surface area contributed by atoms with Crippen molar-refractivity contribution in [1.29, 1.82) is 0 Å². The summed E-state index contributed by atoms with van der Waals surface area (Å²) in [5.74, 6) is 1.93. The summed E-state index contributed by atoms with van der Waals surface area (Å²) >= 11 is 0. The second-order valence-electron chi connectivity index (χ2n) is 13.8. The highest BCUT2D eigenvalue weighted by molar-refractivity contribution is 6.10. The summed E-state index contributed by atoms with van der Waals surface area (Å²) < 4.78 is 0. The van der Waals surface area contributed by atoms with Gasteiger partial charge in [-0.15, -0.1) is 0 Å². The van der Waals surface area contributed by atoms with E-state index in [1.807, 2.05) is 12.4 Å². The molecule has 1 aromatic heterocycles. The number of aromatic amines is 1. The van der Waals surface area contributed by atoms with Gasteiger partial charge in [-0.2, -0.15) is 0 Å². The largest absolute Gasteiger partial charge is 0.397 e. The minimum absolute atomic E-state index is 0.184. The lowest BCUT2D eigenvalue weighted by molar-refractivity contribution is 0.321. The number of rotatable bonds is 4. The van der Waals surface area contributed by atoms with E-state index in [1.54, 1.807) is 0 Å². The normalized spacial score (nSPS) is 36.0. The molecule has 5 fully saturated rings. The van der Waals surface area contributed by atoms with Gasteiger partial charge in [0.2, 0.25) is 0 Å². The van der Waals surface area contributed by atoms with Crippen molar-refractivity contribution >= 4 is 11.4 Å². The zero-order valence-electron chi connectivity index (χ0n) is 23.3. The molecule has 6 atom stereocenters.